The van der Waals surface area contributed by atoms with Gasteiger partial charge in [0.2, 0.25) is 6.41 Å². The third-order valence-electron chi connectivity index (χ3n) is 7.23. The van der Waals surface area contributed by atoms with Crippen molar-refractivity contribution in [2.45, 2.75) is 38.1 Å². The van der Waals surface area contributed by atoms with Gasteiger partial charge in [0, 0.05) is 37.0 Å². The molecule has 1 aliphatic heterocycles. The summed E-state index contributed by atoms with van der Waals surface area (Å²) < 4.78 is 50.5. The van der Waals surface area contributed by atoms with Crippen LogP contribution in [0.3, 0.4) is 0 Å². The van der Waals surface area contributed by atoms with Crippen LogP contribution < -0.4 is 16.0 Å². The molecule has 2 aromatic carbocycles. The molecule has 9 nitrogen and oxygen atoms in total. The van der Waals surface area contributed by atoms with E-state index in [-0.39, 0.29) is 17.4 Å². The largest absolute Gasteiger partial charge is 0.482 e. The zero-order chi connectivity index (χ0) is 30.0. The first-order chi connectivity index (χ1) is 20.2. The van der Waals surface area contributed by atoms with Gasteiger partial charge in [0.1, 0.15) is 13.3 Å². The van der Waals surface area contributed by atoms with Gasteiger partial charge in [-0.1, -0.05) is 29.3 Å². The second-order valence-electron chi connectivity index (χ2n) is 10.1. The maximum atomic E-state index is 15.1. The number of fused-ring (bicyclic) bond motifs is 1. The minimum absolute atomic E-state index is 0.0306. The number of halogens is 5. The molecule has 4 aromatic rings. The summed E-state index contributed by atoms with van der Waals surface area (Å²) in [4.78, 5) is 40.3. The minimum atomic E-state index is -1.54. The molecular formula is C28H26Cl2F3N5O4. The summed E-state index contributed by atoms with van der Waals surface area (Å²) in [6.45, 7) is -1.43. The van der Waals surface area contributed by atoms with E-state index in [1.165, 1.54) is 10.8 Å². The fourth-order valence-corrected chi connectivity index (χ4v) is 5.40. The molecule has 222 valence electrons. The molecule has 42 heavy (non-hydrogen) atoms. The van der Waals surface area contributed by atoms with E-state index in [1.54, 1.807) is 34.0 Å². The summed E-state index contributed by atoms with van der Waals surface area (Å²) in [6, 6.07) is 6.80. The number of likely N-dealkylation sites (tertiary alicyclic amines) is 1. The van der Waals surface area contributed by atoms with Gasteiger partial charge in [-0.2, -0.15) is 5.10 Å². The number of rotatable bonds is 10. The van der Waals surface area contributed by atoms with Crippen molar-refractivity contribution in [3.05, 3.63) is 90.6 Å². The third-order valence-corrected chi connectivity index (χ3v) is 7.97. The van der Waals surface area contributed by atoms with Crippen LogP contribution in [0, 0.1) is 5.82 Å². The molecule has 3 heterocycles. The quantitative estimate of drug-likeness (QED) is 0.245. The Morgan fingerprint density at radius 3 is 2.43 bits per heavy atom. The summed E-state index contributed by atoms with van der Waals surface area (Å²) in [6.07, 6.45) is 3.19. The Morgan fingerprint density at radius 1 is 1.02 bits per heavy atom. The number of nitrogens with zero attached hydrogens (tertiary/aromatic N) is 5. The summed E-state index contributed by atoms with van der Waals surface area (Å²) in [7, 11) is 0. The van der Waals surface area contributed by atoms with Crippen molar-refractivity contribution >= 4 is 40.5 Å². The van der Waals surface area contributed by atoms with Crippen molar-refractivity contribution in [1.82, 2.24) is 23.8 Å². The summed E-state index contributed by atoms with van der Waals surface area (Å²) in [5.41, 5.74) is 0.0243. The second-order valence-corrected chi connectivity index (χ2v) is 10.9. The van der Waals surface area contributed by atoms with E-state index in [1.807, 2.05) is 0 Å². The number of hydrogen-bond donors (Lipinski definition) is 0. The Hall–Kier alpha value is -3.77. The van der Waals surface area contributed by atoms with Crippen molar-refractivity contribution in [2.75, 3.05) is 26.4 Å². The highest BCUT2D eigenvalue weighted by Crippen LogP contribution is 2.28. The Labute approximate surface area is 247 Å². The number of alkyl halides is 2. The molecule has 0 atom stereocenters. The van der Waals surface area contributed by atoms with Gasteiger partial charge < -0.3 is 9.64 Å². The molecule has 2 aromatic heterocycles. The predicted octanol–water partition coefficient (Wildman–Crippen LogP) is 4.38. The zero-order valence-electron chi connectivity index (χ0n) is 22.2. The maximum absolute atomic E-state index is 15.1. The molecule has 0 spiro atoms. The lowest BCUT2D eigenvalue weighted by atomic mass is 10.0. The molecular weight excluding hydrogens is 598 g/mol. The number of hydrogen-bond acceptors (Lipinski definition) is 5. The number of amides is 1. The summed E-state index contributed by atoms with van der Waals surface area (Å²) in [5, 5.41) is 5.09. The molecule has 1 saturated heterocycles. The van der Waals surface area contributed by atoms with Gasteiger partial charge in [-0.3, -0.25) is 23.4 Å². The normalized spacial score (nSPS) is 14.2. The van der Waals surface area contributed by atoms with Crippen LogP contribution in [0.4, 0.5) is 13.2 Å². The van der Waals surface area contributed by atoms with Crippen LogP contribution in [0.25, 0.3) is 10.9 Å². The fraction of sp³-hybridized carbons (Fsp3) is 0.357. The standard InChI is InChI=1S/C28H26Cl2F3N5O4/c29-22-2-1-17(7-23(22)30)13-36-14-18(12-34-36)15-37-27(40)21-8-26(42-20(10-31)11-32)24(33)9-25(21)38(28(37)41)19-3-5-35(16-39)6-4-19/h1-2,7-9,12,14,16,19-20H,3-6,10-11,13,15H2. The van der Waals surface area contributed by atoms with Gasteiger partial charge in [-0.15, -0.1) is 0 Å². The van der Waals surface area contributed by atoms with Crippen LogP contribution in [0.5, 0.6) is 5.75 Å². The van der Waals surface area contributed by atoms with Crippen molar-refractivity contribution in [2.24, 2.45) is 0 Å². The first-order valence-corrected chi connectivity index (χ1v) is 13.9. The van der Waals surface area contributed by atoms with Crippen LogP contribution in [0.2, 0.25) is 10.0 Å². The molecule has 0 unspecified atom stereocenters. The Morgan fingerprint density at radius 2 is 1.76 bits per heavy atom. The smallest absolute Gasteiger partial charge is 0.332 e. The molecule has 0 bridgehead atoms. The van der Waals surface area contributed by atoms with Crippen molar-refractivity contribution in [1.29, 1.82) is 0 Å². The number of piperidine rings is 1. The molecule has 1 fully saturated rings. The van der Waals surface area contributed by atoms with Crippen molar-refractivity contribution in [3.63, 3.8) is 0 Å². The van der Waals surface area contributed by atoms with Gasteiger partial charge in [-0.05, 0) is 36.6 Å². The van der Waals surface area contributed by atoms with E-state index in [2.05, 4.69) is 5.10 Å². The van der Waals surface area contributed by atoms with Gasteiger partial charge in [0.15, 0.2) is 17.7 Å². The Kier molecular flexibility index (Phi) is 8.93. The average molecular weight is 624 g/mol. The number of benzene rings is 2. The van der Waals surface area contributed by atoms with Crippen molar-refractivity contribution in [3.8, 4) is 5.75 Å². The van der Waals surface area contributed by atoms with Gasteiger partial charge >= 0.3 is 5.69 Å². The molecule has 0 saturated carbocycles. The van der Waals surface area contributed by atoms with Crippen molar-refractivity contribution < 1.29 is 22.7 Å². The summed E-state index contributed by atoms with van der Waals surface area (Å²) in [5.74, 6) is -1.46. The first-order valence-electron chi connectivity index (χ1n) is 13.1. The van der Waals surface area contributed by atoms with Gasteiger partial charge in [0.05, 0.1) is 40.2 Å². The average Bonchev–Trinajstić information content (AvgIpc) is 3.43. The van der Waals surface area contributed by atoms with E-state index < -0.39 is 48.3 Å². The fourth-order valence-electron chi connectivity index (χ4n) is 5.08. The van der Waals surface area contributed by atoms with Crippen LogP contribution in [0.15, 0.2) is 52.3 Å². The van der Waals surface area contributed by atoms with E-state index in [0.717, 1.165) is 28.7 Å². The van der Waals surface area contributed by atoms with Crippen LogP contribution in [-0.4, -0.2) is 62.8 Å². The molecule has 0 N–H and O–H groups in total. The number of ether oxygens (including phenoxy) is 1. The lowest BCUT2D eigenvalue weighted by Crippen LogP contribution is -2.44. The third kappa shape index (κ3) is 6.05. The summed E-state index contributed by atoms with van der Waals surface area (Å²) >= 11 is 12.1. The SMILES string of the molecule is O=CN1CCC(n2c(=O)n(Cc3cnn(Cc4ccc(Cl)c(Cl)c4)c3)c(=O)c3cc(OC(CF)CF)c(F)cc32)CC1. The Bertz CT molecular complexity index is 1730. The number of carbonyl (C=O) groups is 1. The van der Waals surface area contributed by atoms with E-state index in [4.69, 9.17) is 27.9 Å². The maximum Gasteiger partial charge on any atom is 0.332 e. The highest BCUT2D eigenvalue weighted by Gasteiger charge is 2.26. The van der Waals surface area contributed by atoms with E-state index in [9.17, 15) is 23.2 Å². The van der Waals surface area contributed by atoms with Crippen LogP contribution in [0.1, 0.15) is 30.0 Å². The first kappa shape index (κ1) is 29.7. The lowest BCUT2D eigenvalue weighted by molar-refractivity contribution is -0.119. The highest BCUT2D eigenvalue weighted by molar-refractivity contribution is 6.42. The van der Waals surface area contributed by atoms with Crippen LogP contribution >= 0.6 is 23.2 Å². The molecule has 0 radical (unpaired) electrons. The predicted molar refractivity (Wildman–Crippen MR) is 152 cm³/mol. The lowest BCUT2D eigenvalue weighted by Gasteiger charge is -2.31. The topological polar surface area (TPSA) is 91.4 Å². The van der Waals surface area contributed by atoms with Gasteiger partial charge in [-0.25, -0.2) is 18.0 Å². The van der Waals surface area contributed by atoms with E-state index in [0.29, 0.717) is 48.1 Å². The molecule has 5 rings (SSSR count). The number of aromatic nitrogens is 4. The Balaban J connectivity index is 1.56. The monoisotopic (exact) mass is 623 g/mol. The van der Waals surface area contributed by atoms with Crippen LogP contribution in [-0.2, 0) is 17.9 Å². The molecule has 0 aliphatic carbocycles. The highest BCUT2D eigenvalue weighted by atomic mass is 35.5. The molecule has 1 amide bonds. The van der Waals surface area contributed by atoms with E-state index >= 15 is 4.39 Å². The van der Waals surface area contributed by atoms with Gasteiger partial charge in [0.25, 0.3) is 5.56 Å². The molecule has 14 heteroatoms. The number of carbonyl (C=O) groups excluding carboxylic acids is 1. The minimum Gasteiger partial charge on any atom is -0.482 e. The second kappa shape index (κ2) is 12.6. The zero-order valence-corrected chi connectivity index (χ0v) is 23.7. The molecule has 1 aliphatic rings.